The van der Waals surface area contributed by atoms with Crippen LogP contribution in [-0.2, 0) is 17.7 Å². The van der Waals surface area contributed by atoms with Gasteiger partial charge in [-0.15, -0.1) is 11.3 Å². The molecule has 2 aromatic heterocycles. The minimum Gasteiger partial charge on any atom is -0.462 e. The van der Waals surface area contributed by atoms with Crippen LogP contribution in [0.15, 0.2) is 40.9 Å². The van der Waals surface area contributed by atoms with Crippen molar-refractivity contribution in [3.05, 3.63) is 68.3 Å². The topological polar surface area (TPSA) is 68.2 Å². The van der Waals surface area contributed by atoms with E-state index < -0.39 is 0 Å². The highest BCUT2D eigenvalue weighted by atomic mass is 79.9. The molecule has 0 radical (unpaired) electrons. The van der Waals surface area contributed by atoms with Crippen molar-refractivity contribution in [2.75, 3.05) is 18.5 Å². The third kappa shape index (κ3) is 6.40. The number of esters is 1. The molecule has 0 aliphatic rings. The van der Waals surface area contributed by atoms with Crippen molar-refractivity contribution in [3.8, 4) is 0 Å². The highest BCUT2D eigenvalue weighted by molar-refractivity contribution is 9.10. The van der Waals surface area contributed by atoms with Gasteiger partial charge in [0.25, 0.3) is 0 Å². The van der Waals surface area contributed by atoms with Crippen LogP contribution < -0.4 is 10.6 Å². The summed E-state index contributed by atoms with van der Waals surface area (Å²) < 4.78 is 8.28. The molecule has 3 aromatic rings. The van der Waals surface area contributed by atoms with Crippen LogP contribution >= 0.6 is 39.5 Å². The van der Waals surface area contributed by atoms with Gasteiger partial charge >= 0.3 is 5.97 Å². The number of nitrogens with zero attached hydrogens (tertiary/aromatic N) is 2. The minimum absolute atomic E-state index is 0.327. The molecule has 32 heavy (non-hydrogen) atoms. The van der Waals surface area contributed by atoms with Gasteiger partial charge in [0.2, 0.25) is 0 Å². The first-order chi connectivity index (χ1) is 15.4. The predicted molar refractivity (Wildman–Crippen MR) is 138 cm³/mol. The molecular formula is C23H27BrN4O2S2. The molecule has 0 unspecified atom stereocenters. The van der Waals surface area contributed by atoms with Gasteiger partial charge in [0.05, 0.1) is 22.3 Å². The molecule has 2 N–H and O–H groups in total. The minimum atomic E-state index is -0.344. The van der Waals surface area contributed by atoms with E-state index >= 15 is 0 Å². The second-order valence-electron chi connectivity index (χ2n) is 7.28. The van der Waals surface area contributed by atoms with E-state index in [2.05, 4.69) is 43.8 Å². The molecule has 170 valence electrons. The second kappa shape index (κ2) is 11.6. The number of thiocarbonyl (C=S) groups is 1. The van der Waals surface area contributed by atoms with Gasteiger partial charge in [-0.1, -0.05) is 30.3 Å². The number of carbonyl (C=O) groups is 1. The lowest BCUT2D eigenvalue weighted by Crippen LogP contribution is -2.30. The fraction of sp³-hybridized carbons (Fsp3) is 0.348. The van der Waals surface area contributed by atoms with Crippen LogP contribution in [0.25, 0.3) is 0 Å². The van der Waals surface area contributed by atoms with Crippen molar-refractivity contribution in [2.24, 2.45) is 0 Å². The molecule has 1 aromatic carbocycles. The van der Waals surface area contributed by atoms with Crippen molar-refractivity contribution in [1.29, 1.82) is 0 Å². The quantitative estimate of drug-likeness (QED) is 0.215. The van der Waals surface area contributed by atoms with E-state index in [0.717, 1.165) is 40.1 Å². The van der Waals surface area contributed by atoms with Crippen molar-refractivity contribution in [2.45, 2.75) is 40.2 Å². The summed E-state index contributed by atoms with van der Waals surface area (Å²) >= 11 is 10.5. The Morgan fingerprint density at radius 1 is 1.28 bits per heavy atom. The third-order valence-corrected chi connectivity index (χ3v) is 7.30. The van der Waals surface area contributed by atoms with Crippen molar-refractivity contribution < 1.29 is 9.53 Å². The molecule has 0 aliphatic heterocycles. The van der Waals surface area contributed by atoms with Crippen molar-refractivity contribution in [3.63, 3.8) is 0 Å². The Balaban J connectivity index is 1.59. The molecule has 9 heteroatoms. The van der Waals surface area contributed by atoms with Gasteiger partial charge in [-0.3, -0.25) is 4.68 Å². The molecule has 0 spiro atoms. The number of thiophene rings is 1. The number of ether oxygens (including phenoxy) is 1. The summed E-state index contributed by atoms with van der Waals surface area (Å²) in [6.45, 7) is 7.65. The van der Waals surface area contributed by atoms with Crippen LogP contribution in [0.1, 0.15) is 45.5 Å². The molecule has 0 atom stereocenters. The molecule has 3 rings (SSSR count). The average Bonchev–Trinajstić information content (AvgIpc) is 3.27. The van der Waals surface area contributed by atoms with Crippen LogP contribution in [0.4, 0.5) is 5.00 Å². The Bertz CT molecular complexity index is 1080. The van der Waals surface area contributed by atoms with E-state index in [1.165, 1.54) is 16.9 Å². The van der Waals surface area contributed by atoms with Crippen molar-refractivity contribution in [1.82, 2.24) is 15.1 Å². The van der Waals surface area contributed by atoms with E-state index in [4.69, 9.17) is 17.0 Å². The lowest BCUT2D eigenvalue weighted by atomic mass is 10.1. The van der Waals surface area contributed by atoms with Crippen LogP contribution in [0.2, 0.25) is 0 Å². The first-order valence-electron chi connectivity index (χ1n) is 10.5. The molecular weight excluding hydrogens is 508 g/mol. The first kappa shape index (κ1) is 24.4. The number of carbonyl (C=O) groups excluding carboxylic acids is 1. The Morgan fingerprint density at radius 2 is 2.03 bits per heavy atom. The Kier molecular flexibility index (Phi) is 8.84. The van der Waals surface area contributed by atoms with Crippen LogP contribution in [-0.4, -0.2) is 34.0 Å². The average molecular weight is 536 g/mol. The fourth-order valence-corrected chi connectivity index (χ4v) is 4.89. The normalized spacial score (nSPS) is 10.8. The van der Waals surface area contributed by atoms with E-state index in [1.54, 1.807) is 6.92 Å². The first-order valence-corrected chi connectivity index (χ1v) is 12.5. The van der Waals surface area contributed by atoms with E-state index in [9.17, 15) is 4.79 Å². The molecule has 0 aliphatic carbocycles. The zero-order valence-corrected chi connectivity index (χ0v) is 21.6. The van der Waals surface area contributed by atoms with E-state index in [1.807, 2.05) is 42.8 Å². The number of halogens is 1. The lowest BCUT2D eigenvalue weighted by molar-refractivity contribution is 0.0528. The number of aryl methyl sites for hydroxylation is 2. The number of nitrogens with one attached hydrogen (secondary N) is 2. The van der Waals surface area contributed by atoms with Crippen molar-refractivity contribution >= 4 is 55.6 Å². The largest absolute Gasteiger partial charge is 0.462 e. The van der Waals surface area contributed by atoms with E-state index in [0.29, 0.717) is 28.8 Å². The van der Waals surface area contributed by atoms with E-state index in [-0.39, 0.29) is 5.97 Å². The number of hydrogen-bond donors (Lipinski definition) is 2. The molecule has 0 saturated carbocycles. The Morgan fingerprint density at radius 3 is 2.69 bits per heavy atom. The third-order valence-electron chi connectivity index (χ3n) is 4.85. The fourth-order valence-electron chi connectivity index (χ4n) is 3.25. The highest BCUT2D eigenvalue weighted by Gasteiger charge is 2.18. The number of hydrogen-bond acceptors (Lipinski definition) is 5. The molecule has 6 nitrogen and oxygen atoms in total. The van der Waals surface area contributed by atoms with Gasteiger partial charge in [0, 0.05) is 30.1 Å². The molecule has 0 amide bonds. The summed E-state index contributed by atoms with van der Waals surface area (Å²) in [5.41, 5.74) is 3.81. The number of aromatic nitrogens is 2. The van der Waals surface area contributed by atoms with Gasteiger partial charge in [0.1, 0.15) is 5.00 Å². The molecule has 0 fully saturated rings. The van der Waals surface area contributed by atoms with Crippen LogP contribution in [0.3, 0.4) is 0 Å². The smallest absolute Gasteiger partial charge is 0.341 e. The zero-order valence-electron chi connectivity index (χ0n) is 18.4. The maximum Gasteiger partial charge on any atom is 0.341 e. The maximum atomic E-state index is 12.5. The van der Waals surface area contributed by atoms with Crippen LogP contribution in [0.5, 0.6) is 0 Å². The predicted octanol–water partition coefficient (Wildman–Crippen LogP) is 5.47. The summed E-state index contributed by atoms with van der Waals surface area (Å²) in [6.07, 6.45) is 1.61. The molecule has 2 heterocycles. The Hall–Kier alpha value is -2.23. The summed E-state index contributed by atoms with van der Waals surface area (Å²) in [6, 6.07) is 12.1. The molecule has 0 saturated heterocycles. The van der Waals surface area contributed by atoms with Gasteiger partial charge in [-0.25, -0.2) is 4.79 Å². The maximum absolute atomic E-state index is 12.5. The van der Waals surface area contributed by atoms with Gasteiger partial charge in [-0.2, -0.15) is 5.10 Å². The highest BCUT2D eigenvalue weighted by Crippen LogP contribution is 2.30. The SMILES string of the molecule is CCOC(=O)c1cc(Cc2ccccc2)sc1NC(=S)NCCCn1nc(C)c(Br)c1C. The Labute approximate surface area is 206 Å². The van der Waals surface area contributed by atoms with Crippen LogP contribution in [0, 0.1) is 13.8 Å². The lowest BCUT2D eigenvalue weighted by Gasteiger charge is -2.11. The summed E-state index contributed by atoms with van der Waals surface area (Å²) in [7, 11) is 0. The number of benzene rings is 1. The molecule has 0 bridgehead atoms. The summed E-state index contributed by atoms with van der Waals surface area (Å²) in [5, 5.41) is 12.1. The zero-order chi connectivity index (χ0) is 23.1. The number of rotatable bonds is 9. The number of anilines is 1. The van der Waals surface area contributed by atoms with Gasteiger partial charge < -0.3 is 15.4 Å². The summed E-state index contributed by atoms with van der Waals surface area (Å²) in [4.78, 5) is 13.5. The standard InChI is InChI=1S/C23H27BrN4O2S2/c1-4-30-22(29)19-14-18(13-17-9-6-5-7-10-17)32-21(19)26-23(31)25-11-8-12-28-16(3)20(24)15(2)27-28/h5-7,9-10,14H,4,8,11-13H2,1-3H3,(H2,25,26,31). The monoisotopic (exact) mass is 534 g/mol. The second-order valence-corrected chi connectivity index (χ2v) is 9.62. The summed E-state index contributed by atoms with van der Waals surface area (Å²) in [5.74, 6) is -0.344. The van der Waals surface area contributed by atoms with Gasteiger partial charge in [-0.05, 0) is 67.0 Å². The van der Waals surface area contributed by atoms with Gasteiger partial charge in [0.15, 0.2) is 5.11 Å².